The van der Waals surface area contributed by atoms with E-state index in [1.807, 2.05) is 68.8 Å². The molecule has 1 N–H and O–H groups in total. The molecule has 1 aliphatic rings. The van der Waals surface area contributed by atoms with Crippen molar-refractivity contribution >= 4 is 57.5 Å². The average Bonchev–Trinajstić information content (AvgIpc) is 3.14. The number of ether oxygens (including phenoxy) is 1. The topological polar surface area (TPSA) is 89.3 Å². The molecule has 0 radical (unpaired) electrons. The van der Waals surface area contributed by atoms with Gasteiger partial charge in [0.15, 0.2) is 17.6 Å². The number of rotatable bonds is 6. The quantitative estimate of drug-likeness (QED) is 0.348. The molecule has 2 heterocycles. The number of amides is 2. The summed E-state index contributed by atoms with van der Waals surface area (Å²) in [5.74, 6) is 1.25. The van der Waals surface area contributed by atoms with Crippen molar-refractivity contribution < 1.29 is 14.3 Å². The first-order chi connectivity index (χ1) is 15.8. The lowest BCUT2D eigenvalue weighted by Crippen LogP contribution is -2.41. The van der Waals surface area contributed by atoms with Crippen LogP contribution in [-0.2, 0) is 16.6 Å². The van der Waals surface area contributed by atoms with Gasteiger partial charge < -0.3 is 14.6 Å². The van der Waals surface area contributed by atoms with Gasteiger partial charge in [-0.25, -0.2) is 0 Å². The fourth-order valence-corrected chi connectivity index (χ4v) is 5.54. The number of nitrogens with zero attached hydrogens (tertiary/aromatic N) is 4. The molecule has 1 atom stereocenters. The Kier molecular flexibility index (Phi) is 6.94. The Morgan fingerprint density at radius 2 is 1.94 bits per heavy atom. The molecule has 0 spiro atoms. The molecular formula is C23H24IN5O3S. The highest BCUT2D eigenvalue weighted by Gasteiger charge is 2.32. The highest BCUT2D eigenvalue weighted by atomic mass is 127. The highest BCUT2D eigenvalue weighted by molar-refractivity contribution is 14.1. The average molecular weight is 577 g/mol. The number of aryl methyl sites for hydroxylation is 2. The first-order valence-corrected chi connectivity index (χ1v) is 12.4. The fourth-order valence-electron chi connectivity index (χ4n) is 3.89. The van der Waals surface area contributed by atoms with Crippen molar-refractivity contribution in [3.8, 4) is 5.75 Å². The SMILES string of the molecule is Cc1cc(I)cc(C)c1NC(=O)CSc1nnc([C@H](C)N2C(=O)COc3ccccc32)n1C. The van der Waals surface area contributed by atoms with Crippen molar-refractivity contribution in [1.29, 1.82) is 0 Å². The normalized spacial score (nSPS) is 14.0. The predicted molar refractivity (Wildman–Crippen MR) is 137 cm³/mol. The molecule has 8 nitrogen and oxygen atoms in total. The highest BCUT2D eigenvalue weighted by Crippen LogP contribution is 2.37. The van der Waals surface area contributed by atoms with Gasteiger partial charge in [0.1, 0.15) is 5.75 Å². The van der Waals surface area contributed by atoms with Gasteiger partial charge in [-0.1, -0.05) is 23.9 Å². The number of hydrogen-bond donors (Lipinski definition) is 1. The lowest BCUT2D eigenvalue weighted by Gasteiger charge is -2.33. The first kappa shape index (κ1) is 23.6. The third-order valence-corrected chi connectivity index (χ3v) is 7.11. The molecule has 2 amide bonds. The Balaban J connectivity index is 1.46. The standard InChI is InChI=1S/C23H24IN5O3S/c1-13-9-16(24)10-14(2)21(13)25-19(30)12-33-23-27-26-22(28(23)4)15(3)29-17-7-5-6-8-18(17)32-11-20(29)31/h5-10,15H,11-12H2,1-4H3,(H,25,30)/t15-/m0/s1. The monoisotopic (exact) mass is 577 g/mol. The van der Waals surface area contributed by atoms with Gasteiger partial charge in [-0.3, -0.25) is 14.5 Å². The van der Waals surface area contributed by atoms with Crippen LogP contribution in [0.2, 0.25) is 0 Å². The largest absolute Gasteiger partial charge is 0.482 e. The van der Waals surface area contributed by atoms with Crippen molar-refractivity contribution in [1.82, 2.24) is 14.8 Å². The van der Waals surface area contributed by atoms with Crippen LogP contribution < -0.4 is 15.0 Å². The molecule has 0 unspecified atom stereocenters. The van der Waals surface area contributed by atoms with Gasteiger partial charge in [0.05, 0.1) is 17.5 Å². The second kappa shape index (κ2) is 9.72. The number of halogens is 1. The minimum Gasteiger partial charge on any atom is -0.482 e. The van der Waals surface area contributed by atoms with Crippen LogP contribution in [0.15, 0.2) is 41.6 Å². The van der Waals surface area contributed by atoms with Gasteiger partial charge in [-0.2, -0.15) is 0 Å². The second-order valence-electron chi connectivity index (χ2n) is 7.85. The van der Waals surface area contributed by atoms with Crippen LogP contribution in [0.4, 0.5) is 11.4 Å². The van der Waals surface area contributed by atoms with Crippen molar-refractivity contribution in [3.63, 3.8) is 0 Å². The Hall–Kier alpha value is -2.60. The van der Waals surface area contributed by atoms with Crippen LogP contribution in [0.3, 0.4) is 0 Å². The van der Waals surface area contributed by atoms with Crippen molar-refractivity contribution in [2.45, 2.75) is 32.0 Å². The van der Waals surface area contributed by atoms with Crippen LogP contribution in [0, 0.1) is 17.4 Å². The second-order valence-corrected chi connectivity index (χ2v) is 10.0. The zero-order valence-electron chi connectivity index (χ0n) is 18.8. The summed E-state index contributed by atoms with van der Waals surface area (Å²) in [6, 6.07) is 11.2. The summed E-state index contributed by atoms with van der Waals surface area (Å²) < 4.78 is 8.51. The first-order valence-electron chi connectivity index (χ1n) is 10.4. The minimum absolute atomic E-state index is 0.0155. The van der Waals surface area contributed by atoms with E-state index in [0.717, 1.165) is 20.4 Å². The van der Waals surface area contributed by atoms with Gasteiger partial charge in [-0.15, -0.1) is 10.2 Å². The molecule has 4 rings (SSSR count). The fraction of sp³-hybridized carbons (Fsp3) is 0.304. The molecule has 0 saturated heterocycles. The van der Waals surface area contributed by atoms with Crippen molar-refractivity contribution in [3.05, 3.63) is 56.9 Å². The maximum atomic E-state index is 12.6. The number of hydrogen-bond acceptors (Lipinski definition) is 6. The Morgan fingerprint density at radius 3 is 2.67 bits per heavy atom. The van der Waals surface area contributed by atoms with E-state index in [4.69, 9.17) is 4.74 Å². The molecule has 1 aliphatic heterocycles. The van der Waals surface area contributed by atoms with Gasteiger partial charge in [0.25, 0.3) is 5.91 Å². The number of para-hydroxylation sites is 2. The van der Waals surface area contributed by atoms with Gasteiger partial charge >= 0.3 is 0 Å². The molecule has 3 aromatic rings. The van der Waals surface area contributed by atoms with E-state index in [-0.39, 0.29) is 30.2 Å². The molecular weight excluding hydrogens is 553 g/mol. The summed E-state index contributed by atoms with van der Waals surface area (Å²) in [5, 5.41) is 12.2. The van der Waals surface area contributed by atoms with Gasteiger partial charge in [-0.05, 0) is 78.8 Å². The number of nitrogens with one attached hydrogen (secondary N) is 1. The molecule has 0 fully saturated rings. The van der Waals surface area contributed by atoms with E-state index >= 15 is 0 Å². The number of fused-ring (bicyclic) bond motifs is 1. The van der Waals surface area contributed by atoms with Crippen LogP contribution >= 0.6 is 34.4 Å². The molecule has 0 bridgehead atoms. The lowest BCUT2D eigenvalue weighted by atomic mass is 10.1. The third-order valence-electron chi connectivity index (χ3n) is 5.47. The lowest BCUT2D eigenvalue weighted by molar-refractivity contribution is -0.121. The number of anilines is 2. The van der Waals surface area contributed by atoms with Crippen molar-refractivity contribution in [2.75, 3.05) is 22.6 Å². The molecule has 2 aromatic carbocycles. The number of carbonyl (C=O) groups excluding carboxylic acids is 2. The molecule has 33 heavy (non-hydrogen) atoms. The zero-order valence-corrected chi connectivity index (χ0v) is 21.7. The van der Waals surface area contributed by atoms with Crippen LogP contribution in [0.5, 0.6) is 5.75 Å². The summed E-state index contributed by atoms with van der Waals surface area (Å²) in [5.41, 5.74) is 3.62. The van der Waals surface area contributed by atoms with Gasteiger partial charge in [0, 0.05) is 16.3 Å². The Labute approximate surface area is 210 Å². The van der Waals surface area contributed by atoms with E-state index in [9.17, 15) is 9.59 Å². The summed E-state index contributed by atoms with van der Waals surface area (Å²) in [7, 11) is 1.84. The summed E-state index contributed by atoms with van der Waals surface area (Å²) >= 11 is 3.58. The van der Waals surface area contributed by atoms with E-state index in [2.05, 4.69) is 38.1 Å². The summed E-state index contributed by atoms with van der Waals surface area (Å²) in [6.07, 6.45) is 0. The number of benzene rings is 2. The summed E-state index contributed by atoms with van der Waals surface area (Å²) in [4.78, 5) is 26.9. The minimum atomic E-state index is -0.347. The van der Waals surface area contributed by atoms with Crippen LogP contribution in [-0.4, -0.2) is 38.9 Å². The van der Waals surface area contributed by atoms with Gasteiger partial charge in [0.2, 0.25) is 5.91 Å². The molecule has 0 aliphatic carbocycles. The number of aromatic nitrogens is 3. The van der Waals surface area contributed by atoms with E-state index in [1.54, 1.807) is 4.90 Å². The van der Waals surface area contributed by atoms with Crippen LogP contribution in [0.1, 0.15) is 29.9 Å². The predicted octanol–water partition coefficient (Wildman–Crippen LogP) is 4.25. The van der Waals surface area contributed by atoms with Crippen LogP contribution in [0.25, 0.3) is 0 Å². The van der Waals surface area contributed by atoms with E-state index < -0.39 is 0 Å². The van der Waals surface area contributed by atoms with E-state index in [1.165, 1.54) is 11.8 Å². The number of carbonyl (C=O) groups is 2. The molecule has 10 heteroatoms. The smallest absolute Gasteiger partial charge is 0.265 e. The maximum absolute atomic E-state index is 12.6. The van der Waals surface area contributed by atoms with E-state index in [0.29, 0.717) is 22.4 Å². The molecule has 172 valence electrons. The zero-order chi connectivity index (χ0) is 23.7. The maximum Gasteiger partial charge on any atom is 0.265 e. The molecule has 0 saturated carbocycles. The summed E-state index contributed by atoms with van der Waals surface area (Å²) in [6.45, 7) is 5.87. The van der Waals surface area contributed by atoms with Crippen molar-refractivity contribution in [2.24, 2.45) is 7.05 Å². The Morgan fingerprint density at radius 1 is 1.24 bits per heavy atom. The molecule has 1 aromatic heterocycles. The third kappa shape index (κ3) is 4.86. The number of thioether (sulfide) groups is 1. The Bertz CT molecular complexity index is 1210.